The number of nitrogens with one attached hydrogen (secondary N) is 1. The lowest BCUT2D eigenvalue weighted by atomic mass is 10.2. The van der Waals surface area contributed by atoms with E-state index in [1.165, 1.54) is 0 Å². The molecule has 1 aromatic rings. The van der Waals surface area contributed by atoms with Crippen LogP contribution in [-0.4, -0.2) is 17.0 Å². The van der Waals surface area contributed by atoms with E-state index in [0.29, 0.717) is 6.04 Å². The van der Waals surface area contributed by atoms with Crippen molar-refractivity contribution in [3.63, 3.8) is 0 Å². The van der Waals surface area contributed by atoms with Gasteiger partial charge in [0.05, 0.1) is 0 Å². The molecule has 2 rings (SSSR count). The smallest absolute Gasteiger partial charge is 0.267 e. The molecule has 0 aliphatic carbocycles. The van der Waals surface area contributed by atoms with E-state index < -0.39 is 0 Å². The first-order valence-corrected chi connectivity index (χ1v) is 3.74. The van der Waals surface area contributed by atoms with Crippen molar-refractivity contribution in [2.45, 2.75) is 13.0 Å². The van der Waals surface area contributed by atoms with Gasteiger partial charge in [0, 0.05) is 18.8 Å². The Balaban J connectivity index is 2.51. The Kier molecular flexibility index (Phi) is 1.24. The van der Waals surface area contributed by atoms with Gasteiger partial charge in [0.15, 0.2) is 0 Å². The predicted octanol–water partition coefficient (Wildman–Crippen LogP) is 0.792. The lowest BCUT2D eigenvalue weighted by Gasteiger charge is -2.22. The molecule has 1 aliphatic rings. The molecule has 1 atom stereocenters. The zero-order valence-corrected chi connectivity index (χ0v) is 6.37. The first kappa shape index (κ1) is 6.46. The van der Waals surface area contributed by atoms with Crippen LogP contribution < -0.4 is 5.32 Å². The lowest BCUT2D eigenvalue weighted by Crippen LogP contribution is -2.37. The number of hydrogen-bond acceptors (Lipinski definition) is 1. The third-order valence-electron chi connectivity index (χ3n) is 2.04. The molecule has 0 bridgehead atoms. The van der Waals surface area contributed by atoms with Crippen molar-refractivity contribution < 1.29 is 4.79 Å². The topological polar surface area (TPSA) is 34.0 Å². The van der Waals surface area contributed by atoms with Gasteiger partial charge in [0.25, 0.3) is 5.91 Å². The first-order chi connectivity index (χ1) is 5.29. The van der Waals surface area contributed by atoms with Gasteiger partial charge in [0.2, 0.25) is 0 Å². The van der Waals surface area contributed by atoms with Crippen LogP contribution in [0.5, 0.6) is 0 Å². The molecule has 0 fully saturated rings. The molecule has 0 spiro atoms. The van der Waals surface area contributed by atoms with Gasteiger partial charge in [-0.15, -0.1) is 0 Å². The Labute approximate surface area is 65.0 Å². The van der Waals surface area contributed by atoms with E-state index in [2.05, 4.69) is 12.2 Å². The van der Waals surface area contributed by atoms with E-state index in [9.17, 15) is 4.79 Å². The summed E-state index contributed by atoms with van der Waals surface area (Å²) in [5.74, 6) is 0.0353. The van der Waals surface area contributed by atoms with Gasteiger partial charge in [-0.2, -0.15) is 0 Å². The van der Waals surface area contributed by atoms with Gasteiger partial charge in [-0.3, -0.25) is 4.79 Å². The van der Waals surface area contributed by atoms with Crippen molar-refractivity contribution in [1.29, 1.82) is 0 Å². The minimum absolute atomic E-state index is 0.0353. The van der Waals surface area contributed by atoms with Crippen molar-refractivity contribution in [3.05, 3.63) is 24.0 Å². The number of nitrogens with zero attached hydrogens (tertiary/aromatic N) is 1. The Hall–Kier alpha value is -1.25. The second kappa shape index (κ2) is 2.12. The summed E-state index contributed by atoms with van der Waals surface area (Å²) in [4.78, 5) is 11.2. The fourth-order valence-corrected chi connectivity index (χ4v) is 1.40. The molecular formula is C8H10N2O. The van der Waals surface area contributed by atoms with Gasteiger partial charge in [0.1, 0.15) is 5.69 Å². The summed E-state index contributed by atoms with van der Waals surface area (Å²) in [6.45, 7) is 2.82. The average molecular weight is 150 g/mol. The average Bonchev–Trinajstić information content (AvgIpc) is 2.45. The highest BCUT2D eigenvalue weighted by Gasteiger charge is 2.19. The number of aromatic nitrogens is 1. The Bertz CT molecular complexity index is 290. The molecule has 11 heavy (non-hydrogen) atoms. The maximum absolute atomic E-state index is 11.2. The largest absolute Gasteiger partial charge is 0.349 e. The Morgan fingerprint density at radius 3 is 3.27 bits per heavy atom. The van der Waals surface area contributed by atoms with E-state index in [1.807, 2.05) is 22.9 Å². The SMILES string of the molecule is C[C@H]1CNC(=O)c2cccn21. The number of fused-ring (bicyclic) bond motifs is 1. The highest BCUT2D eigenvalue weighted by molar-refractivity contribution is 5.93. The Morgan fingerprint density at radius 1 is 1.73 bits per heavy atom. The molecule has 1 N–H and O–H groups in total. The quantitative estimate of drug-likeness (QED) is 0.583. The first-order valence-electron chi connectivity index (χ1n) is 3.74. The van der Waals surface area contributed by atoms with Gasteiger partial charge in [-0.1, -0.05) is 0 Å². The summed E-state index contributed by atoms with van der Waals surface area (Å²) in [6.07, 6.45) is 1.94. The van der Waals surface area contributed by atoms with Crippen molar-refractivity contribution in [3.8, 4) is 0 Å². The second-order valence-electron chi connectivity index (χ2n) is 2.86. The monoisotopic (exact) mass is 150 g/mol. The molecule has 3 heteroatoms. The molecule has 0 radical (unpaired) electrons. The minimum Gasteiger partial charge on any atom is -0.349 e. The predicted molar refractivity (Wildman–Crippen MR) is 41.5 cm³/mol. The van der Waals surface area contributed by atoms with E-state index >= 15 is 0 Å². The summed E-state index contributed by atoms with van der Waals surface area (Å²) in [7, 11) is 0. The van der Waals surface area contributed by atoms with E-state index in [1.54, 1.807) is 0 Å². The fourth-order valence-electron chi connectivity index (χ4n) is 1.40. The molecule has 0 saturated carbocycles. The zero-order chi connectivity index (χ0) is 7.84. The van der Waals surface area contributed by atoms with Crippen molar-refractivity contribution >= 4 is 5.91 Å². The summed E-state index contributed by atoms with van der Waals surface area (Å²) < 4.78 is 2.00. The van der Waals surface area contributed by atoms with Crippen LogP contribution in [0.25, 0.3) is 0 Å². The van der Waals surface area contributed by atoms with E-state index in [0.717, 1.165) is 12.2 Å². The maximum atomic E-state index is 11.2. The molecule has 0 unspecified atom stereocenters. The highest BCUT2D eigenvalue weighted by Crippen LogP contribution is 2.14. The molecule has 0 saturated heterocycles. The van der Waals surface area contributed by atoms with Gasteiger partial charge >= 0.3 is 0 Å². The normalized spacial score (nSPS) is 22.6. The summed E-state index contributed by atoms with van der Waals surface area (Å²) in [5, 5.41) is 2.81. The van der Waals surface area contributed by atoms with Crippen LogP contribution in [0.1, 0.15) is 23.5 Å². The highest BCUT2D eigenvalue weighted by atomic mass is 16.2. The second-order valence-corrected chi connectivity index (χ2v) is 2.86. The molecule has 3 nitrogen and oxygen atoms in total. The standard InChI is InChI=1S/C8H10N2O/c1-6-5-9-8(11)7-3-2-4-10(6)7/h2-4,6H,5H2,1H3,(H,9,11)/t6-/m0/s1. The van der Waals surface area contributed by atoms with Crippen LogP contribution in [0.2, 0.25) is 0 Å². The molecule has 2 heterocycles. The van der Waals surface area contributed by atoms with Crippen molar-refractivity contribution in [2.24, 2.45) is 0 Å². The number of hydrogen-bond donors (Lipinski definition) is 1. The van der Waals surface area contributed by atoms with Crippen LogP contribution in [0.3, 0.4) is 0 Å². The third kappa shape index (κ3) is 0.843. The molecule has 1 aromatic heterocycles. The molecule has 58 valence electrons. The third-order valence-corrected chi connectivity index (χ3v) is 2.04. The summed E-state index contributed by atoms with van der Waals surface area (Å²) in [5.41, 5.74) is 0.767. The summed E-state index contributed by atoms with van der Waals surface area (Å²) >= 11 is 0. The van der Waals surface area contributed by atoms with Crippen LogP contribution in [-0.2, 0) is 0 Å². The van der Waals surface area contributed by atoms with Gasteiger partial charge in [-0.05, 0) is 19.1 Å². The van der Waals surface area contributed by atoms with Gasteiger partial charge in [-0.25, -0.2) is 0 Å². The van der Waals surface area contributed by atoms with E-state index in [4.69, 9.17) is 0 Å². The molecule has 0 aromatic carbocycles. The number of rotatable bonds is 0. The van der Waals surface area contributed by atoms with Crippen LogP contribution in [0.4, 0.5) is 0 Å². The zero-order valence-electron chi connectivity index (χ0n) is 6.37. The Morgan fingerprint density at radius 2 is 2.55 bits per heavy atom. The minimum atomic E-state index is 0.0353. The number of carbonyl (C=O) groups excluding carboxylic acids is 1. The van der Waals surface area contributed by atoms with Gasteiger partial charge < -0.3 is 9.88 Å². The fraction of sp³-hybridized carbons (Fsp3) is 0.375. The maximum Gasteiger partial charge on any atom is 0.267 e. The number of carbonyl (C=O) groups is 1. The van der Waals surface area contributed by atoms with Crippen molar-refractivity contribution in [1.82, 2.24) is 9.88 Å². The molecule has 1 aliphatic heterocycles. The van der Waals surface area contributed by atoms with Crippen LogP contribution in [0.15, 0.2) is 18.3 Å². The lowest BCUT2D eigenvalue weighted by molar-refractivity contribution is 0.0918. The molecule has 1 amide bonds. The van der Waals surface area contributed by atoms with Crippen molar-refractivity contribution in [2.75, 3.05) is 6.54 Å². The van der Waals surface area contributed by atoms with Crippen LogP contribution in [0, 0.1) is 0 Å². The summed E-state index contributed by atoms with van der Waals surface area (Å²) in [6, 6.07) is 4.12. The molecular weight excluding hydrogens is 140 g/mol. The van der Waals surface area contributed by atoms with Crippen LogP contribution >= 0.6 is 0 Å². The number of amides is 1. The van der Waals surface area contributed by atoms with E-state index in [-0.39, 0.29) is 5.91 Å².